The van der Waals surface area contributed by atoms with Crippen LogP contribution < -0.4 is 21.7 Å². The Hall–Kier alpha value is -4.45. The zero-order valence-corrected chi connectivity index (χ0v) is 22.0. The van der Waals surface area contributed by atoms with E-state index in [0.29, 0.717) is 24.0 Å². The Balaban J connectivity index is 1.65. The molecule has 5 rings (SSSR count). The monoisotopic (exact) mass is 569 g/mol. The highest BCUT2D eigenvalue weighted by molar-refractivity contribution is 6.11. The molecule has 2 aromatic carbocycles. The lowest BCUT2D eigenvalue weighted by Crippen LogP contribution is -2.53. The number of furan rings is 1. The van der Waals surface area contributed by atoms with Crippen LogP contribution in [0.2, 0.25) is 0 Å². The maximum absolute atomic E-state index is 13.6. The molecule has 0 radical (unpaired) electrons. The Bertz CT molecular complexity index is 1610. The van der Waals surface area contributed by atoms with Crippen molar-refractivity contribution in [3.8, 4) is 22.5 Å². The predicted octanol–water partition coefficient (Wildman–Crippen LogP) is 5.59. The molecule has 2 heterocycles. The van der Waals surface area contributed by atoms with Crippen LogP contribution in [0.3, 0.4) is 0 Å². The molecule has 0 saturated heterocycles. The van der Waals surface area contributed by atoms with E-state index in [1.807, 2.05) is 0 Å². The number of benzene rings is 2. The predicted molar refractivity (Wildman–Crippen MR) is 146 cm³/mol. The molecule has 5 N–H and O–H groups in total. The van der Waals surface area contributed by atoms with Crippen molar-refractivity contribution in [1.82, 2.24) is 15.6 Å². The molecule has 1 aliphatic carbocycles. The second kappa shape index (κ2) is 10.8. The highest BCUT2D eigenvalue weighted by Gasteiger charge is 2.32. The van der Waals surface area contributed by atoms with Crippen LogP contribution in [0.25, 0.3) is 33.6 Å². The van der Waals surface area contributed by atoms with Gasteiger partial charge in [-0.3, -0.25) is 9.59 Å². The van der Waals surface area contributed by atoms with Gasteiger partial charge < -0.3 is 26.1 Å². The maximum atomic E-state index is 13.6. The molecule has 0 unspecified atom stereocenters. The van der Waals surface area contributed by atoms with Crippen molar-refractivity contribution >= 4 is 28.7 Å². The van der Waals surface area contributed by atoms with Crippen LogP contribution in [0.4, 0.5) is 23.4 Å². The molecule has 0 bridgehead atoms. The molecule has 1 saturated carbocycles. The summed E-state index contributed by atoms with van der Waals surface area (Å²) in [6, 6.07) is 13.0. The summed E-state index contributed by atoms with van der Waals surface area (Å²) in [4.78, 5) is 30.3. The average molecular weight is 570 g/mol. The fourth-order valence-electron chi connectivity index (χ4n) is 4.97. The van der Waals surface area contributed by atoms with Crippen molar-refractivity contribution in [1.29, 1.82) is 0 Å². The van der Waals surface area contributed by atoms with E-state index in [2.05, 4.69) is 20.9 Å². The van der Waals surface area contributed by atoms with Gasteiger partial charge in [-0.1, -0.05) is 12.1 Å². The van der Waals surface area contributed by atoms with Crippen LogP contribution >= 0.6 is 0 Å². The number of fused-ring (bicyclic) bond motifs is 1. The number of anilines is 1. The molecule has 2 amide bonds. The number of carbonyl (C=O) groups excluding carboxylic acids is 2. The Kier molecular flexibility index (Phi) is 7.43. The molecule has 0 spiro atoms. The van der Waals surface area contributed by atoms with Crippen molar-refractivity contribution in [2.75, 3.05) is 18.9 Å². The minimum Gasteiger partial charge on any atom is -0.437 e. The van der Waals surface area contributed by atoms with E-state index in [0.717, 1.165) is 12.8 Å². The molecule has 1 fully saturated rings. The van der Waals surface area contributed by atoms with Crippen LogP contribution in [-0.2, 0) is 0 Å². The number of nitrogens with two attached hydrogens (primary N) is 1. The number of pyridine rings is 1. The normalized spacial score (nSPS) is 14.7. The molecule has 0 atom stereocenters. The quantitative estimate of drug-likeness (QED) is 0.170. The van der Waals surface area contributed by atoms with E-state index in [4.69, 9.17) is 10.2 Å². The number of amides is 2. The largest absolute Gasteiger partial charge is 0.437 e. The smallest absolute Gasteiger partial charge is 0.405 e. The van der Waals surface area contributed by atoms with Crippen LogP contribution in [0, 0.1) is 5.82 Å². The first-order valence-corrected chi connectivity index (χ1v) is 12.9. The third kappa shape index (κ3) is 6.02. The number of hydrogen-bond donors (Lipinski definition) is 4. The van der Waals surface area contributed by atoms with Gasteiger partial charge in [0.25, 0.3) is 11.8 Å². The van der Waals surface area contributed by atoms with Crippen LogP contribution in [0.15, 0.2) is 59.0 Å². The topological polar surface area (TPSA) is 122 Å². The standard InChI is InChI=1S/C29H27F4N5O3/c1-35-26(40)22-21-14-20(17-5-4-6-18(13-17)25(39)38-28(34)11-2-3-12-28)24(36-15-29(31,32)33)37-27(21)41-23(22)16-7-9-19(30)10-8-16/h4-10,13-14H,2-3,11-12,15,34H2,1H3,(H,35,40)(H,36,37)(H,38,39). The van der Waals surface area contributed by atoms with Gasteiger partial charge in [-0.15, -0.1) is 0 Å². The summed E-state index contributed by atoms with van der Waals surface area (Å²) < 4.78 is 59.0. The van der Waals surface area contributed by atoms with E-state index in [1.165, 1.54) is 43.4 Å². The molecule has 214 valence electrons. The molecule has 0 aliphatic heterocycles. The second-order valence-electron chi connectivity index (χ2n) is 10.00. The van der Waals surface area contributed by atoms with Crippen LogP contribution in [0.5, 0.6) is 0 Å². The summed E-state index contributed by atoms with van der Waals surface area (Å²) >= 11 is 0. The van der Waals surface area contributed by atoms with Crippen molar-refractivity contribution in [2.24, 2.45) is 5.73 Å². The van der Waals surface area contributed by atoms with Crippen molar-refractivity contribution in [2.45, 2.75) is 37.5 Å². The Morgan fingerprint density at radius 1 is 1.02 bits per heavy atom. The van der Waals surface area contributed by atoms with Gasteiger partial charge in [-0.25, -0.2) is 4.39 Å². The Morgan fingerprint density at radius 2 is 1.73 bits per heavy atom. The summed E-state index contributed by atoms with van der Waals surface area (Å²) in [6.45, 7) is -1.39. The second-order valence-corrected chi connectivity index (χ2v) is 10.00. The van der Waals surface area contributed by atoms with Gasteiger partial charge in [-0.05, 0) is 73.7 Å². The lowest BCUT2D eigenvalue weighted by molar-refractivity contribution is -0.115. The molecule has 4 aromatic rings. The van der Waals surface area contributed by atoms with E-state index < -0.39 is 36.0 Å². The van der Waals surface area contributed by atoms with Crippen LogP contribution in [0.1, 0.15) is 46.4 Å². The van der Waals surface area contributed by atoms with Gasteiger partial charge in [0, 0.05) is 23.7 Å². The SMILES string of the molecule is CNC(=O)c1c(-c2ccc(F)cc2)oc2nc(NCC(F)(F)F)c(-c3cccc(C(=O)NC4(N)CCCC4)c3)cc12. The molecule has 8 nitrogen and oxygen atoms in total. The number of nitrogens with one attached hydrogen (secondary N) is 3. The highest BCUT2D eigenvalue weighted by atomic mass is 19.4. The summed E-state index contributed by atoms with van der Waals surface area (Å²) in [5, 5.41) is 7.92. The summed E-state index contributed by atoms with van der Waals surface area (Å²) in [5.74, 6) is -1.54. The number of nitrogens with zero attached hydrogens (tertiary/aromatic N) is 1. The summed E-state index contributed by atoms with van der Waals surface area (Å²) in [7, 11) is 1.42. The number of rotatable bonds is 7. The van der Waals surface area contributed by atoms with E-state index in [9.17, 15) is 27.2 Å². The first-order chi connectivity index (χ1) is 19.5. The zero-order valence-electron chi connectivity index (χ0n) is 22.0. The third-order valence-corrected chi connectivity index (χ3v) is 6.99. The minimum absolute atomic E-state index is 0.0729. The average Bonchev–Trinajstić information content (AvgIpc) is 3.54. The third-order valence-electron chi connectivity index (χ3n) is 6.99. The van der Waals surface area contributed by atoms with Crippen molar-refractivity contribution in [3.63, 3.8) is 0 Å². The number of aromatic nitrogens is 1. The number of alkyl halides is 3. The van der Waals surface area contributed by atoms with Gasteiger partial charge in [-0.2, -0.15) is 18.2 Å². The van der Waals surface area contributed by atoms with Gasteiger partial charge in [0.05, 0.1) is 16.6 Å². The molecule has 2 aromatic heterocycles. The van der Waals surface area contributed by atoms with Gasteiger partial charge in [0.1, 0.15) is 23.9 Å². The first kappa shape index (κ1) is 28.1. The molecule has 41 heavy (non-hydrogen) atoms. The first-order valence-electron chi connectivity index (χ1n) is 12.9. The van der Waals surface area contributed by atoms with Crippen LogP contribution in [-0.4, -0.2) is 42.2 Å². The number of hydrogen-bond acceptors (Lipinski definition) is 6. The number of halogens is 4. The maximum Gasteiger partial charge on any atom is 0.405 e. The molecule has 1 aliphatic rings. The fourth-order valence-corrected chi connectivity index (χ4v) is 4.97. The molecular formula is C29H27F4N5O3. The molecular weight excluding hydrogens is 542 g/mol. The van der Waals surface area contributed by atoms with Crippen molar-refractivity contribution < 1.29 is 31.6 Å². The summed E-state index contributed by atoms with van der Waals surface area (Å²) in [5.41, 5.74) is 6.67. The van der Waals surface area contributed by atoms with Gasteiger partial charge in [0.15, 0.2) is 0 Å². The van der Waals surface area contributed by atoms with E-state index in [1.54, 1.807) is 18.2 Å². The van der Waals surface area contributed by atoms with E-state index >= 15 is 0 Å². The molecule has 12 heteroatoms. The fraction of sp³-hybridized carbons (Fsp3) is 0.276. The van der Waals surface area contributed by atoms with E-state index in [-0.39, 0.29) is 39.4 Å². The lowest BCUT2D eigenvalue weighted by Gasteiger charge is -2.25. The minimum atomic E-state index is -4.55. The van der Waals surface area contributed by atoms with Crippen molar-refractivity contribution in [3.05, 3.63) is 71.5 Å². The summed E-state index contributed by atoms with van der Waals surface area (Å²) in [6.07, 6.45) is -1.47. The van der Waals surface area contributed by atoms with Gasteiger partial charge >= 0.3 is 6.18 Å². The lowest BCUT2D eigenvalue weighted by atomic mass is 9.99. The zero-order chi connectivity index (χ0) is 29.4. The Labute approximate surface area is 232 Å². The highest BCUT2D eigenvalue weighted by Crippen LogP contribution is 2.38. The Morgan fingerprint density at radius 3 is 2.39 bits per heavy atom. The number of carbonyl (C=O) groups is 2. The van der Waals surface area contributed by atoms with Gasteiger partial charge in [0.2, 0.25) is 5.71 Å².